The second-order valence-electron chi connectivity index (χ2n) is 5.48. The minimum Gasteiger partial charge on any atom is -0.394 e. The summed E-state index contributed by atoms with van der Waals surface area (Å²) in [6.45, 7) is 2.98. The van der Waals surface area contributed by atoms with Crippen molar-refractivity contribution in [1.82, 2.24) is 9.80 Å². The largest absolute Gasteiger partial charge is 0.394 e. The Morgan fingerprint density at radius 2 is 1.55 bits per heavy atom. The van der Waals surface area contributed by atoms with Gasteiger partial charge in [0.05, 0.1) is 6.61 Å². The molecule has 2 aliphatic heterocycles. The molecular weight excluding hydrogens is 296 g/mol. The second kappa shape index (κ2) is 5.94. The van der Waals surface area contributed by atoms with Gasteiger partial charge < -0.3 is 35.0 Å². The average molecular weight is 316 g/mol. The highest BCUT2D eigenvalue weighted by Gasteiger charge is 2.53. The van der Waals surface area contributed by atoms with Gasteiger partial charge in [-0.2, -0.15) is 0 Å². The third-order valence-electron chi connectivity index (χ3n) is 4.23. The van der Waals surface area contributed by atoms with Gasteiger partial charge in [0.15, 0.2) is 0 Å². The minimum absolute atomic E-state index is 0.177. The van der Waals surface area contributed by atoms with Crippen LogP contribution in [0.5, 0.6) is 0 Å². The molecule has 9 nitrogen and oxygen atoms in total. The van der Waals surface area contributed by atoms with Gasteiger partial charge in [0.1, 0.15) is 42.3 Å². The predicted molar refractivity (Wildman–Crippen MR) is 71.9 cm³/mol. The van der Waals surface area contributed by atoms with Crippen LogP contribution in [0, 0.1) is 5.92 Å². The van der Waals surface area contributed by atoms with Gasteiger partial charge in [-0.05, 0) is 0 Å². The maximum absolute atomic E-state index is 12.3. The molecule has 2 amide bonds. The highest BCUT2D eigenvalue weighted by molar-refractivity contribution is 6.04. The first-order valence-electron chi connectivity index (χ1n) is 6.77. The van der Waals surface area contributed by atoms with Gasteiger partial charge in [-0.3, -0.25) is 9.59 Å². The Labute approximate surface area is 127 Å². The lowest BCUT2D eigenvalue weighted by atomic mass is 9.85. The molecule has 124 valence electrons. The number of hydrogen-bond acceptors (Lipinski definition) is 7. The van der Waals surface area contributed by atoms with Crippen LogP contribution in [0.1, 0.15) is 0 Å². The number of rotatable bonds is 2. The Morgan fingerprint density at radius 3 is 2.00 bits per heavy atom. The van der Waals surface area contributed by atoms with Gasteiger partial charge in [0.2, 0.25) is 11.8 Å². The van der Waals surface area contributed by atoms with Gasteiger partial charge in [-0.1, -0.05) is 6.58 Å². The van der Waals surface area contributed by atoms with Crippen molar-refractivity contribution in [3.05, 3.63) is 12.4 Å². The fraction of sp³-hybridized carbons (Fsp3) is 0.692. The van der Waals surface area contributed by atoms with E-state index in [4.69, 9.17) is 4.74 Å². The predicted octanol–water partition coefficient (Wildman–Crippen LogP) is -3.15. The topological polar surface area (TPSA) is 131 Å². The molecular formula is C13H20N2O7. The number of hydrogen-bond donors (Lipinski definition) is 4. The van der Waals surface area contributed by atoms with Crippen LogP contribution in [0.3, 0.4) is 0 Å². The molecule has 2 aliphatic rings. The number of amides is 2. The summed E-state index contributed by atoms with van der Waals surface area (Å²) in [6.07, 6.45) is -7.39. The minimum atomic E-state index is -1.65. The van der Waals surface area contributed by atoms with Crippen molar-refractivity contribution in [3.63, 3.8) is 0 Å². The Bertz CT molecular complexity index is 471. The van der Waals surface area contributed by atoms with Crippen molar-refractivity contribution in [2.24, 2.45) is 5.92 Å². The molecule has 0 aromatic heterocycles. The van der Waals surface area contributed by atoms with E-state index in [1.54, 1.807) is 0 Å². The maximum atomic E-state index is 12.3. The van der Waals surface area contributed by atoms with Crippen LogP contribution in [0.2, 0.25) is 0 Å². The molecule has 9 heteroatoms. The average Bonchev–Trinajstić information content (AvgIpc) is 2.51. The Morgan fingerprint density at radius 1 is 1.05 bits per heavy atom. The molecule has 4 N–H and O–H groups in total. The van der Waals surface area contributed by atoms with Crippen LogP contribution >= 0.6 is 0 Å². The normalized spacial score (nSPS) is 37.9. The smallest absolute Gasteiger partial charge is 0.243 e. The van der Waals surface area contributed by atoms with E-state index in [1.165, 1.54) is 14.1 Å². The summed E-state index contributed by atoms with van der Waals surface area (Å²) in [5.41, 5.74) is 0. The number of carbonyl (C=O) groups is 2. The quantitative estimate of drug-likeness (QED) is 0.396. The number of aliphatic hydroxyl groups excluding tert-OH is 4. The van der Waals surface area contributed by atoms with E-state index in [1.807, 2.05) is 0 Å². The van der Waals surface area contributed by atoms with E-state index < -0.39 is 54.9 Å². The summed E-state index contributed by atoms with van der Waals surface area (Å²) in [7, 11) is 2.84. The van der Waals surface area contributed by atoms with Crippen LogP contribution in [-0.4, -0.2) is 93.3 Å². The van der Waals surface area contributed by atoms with Crippen molar-refractivity contribution >= 4 is 11.8 Å². The molecule has 2 saturated heterocycles. The Hall–Kier alpha value is -1.52. The highest BCUT2D eigenvalue weighted by atomic mass is 16.5. The Balaban J connectivity index is 2.34. The lowest BCUT2D eigenvalue weighted by Gasteiger charge is -2.45. The molecule has 0 bridgehead atoms. The first-order valence-corrected chi connectivity index (χ1v) is 6.77. The van der Waals surface area contributed by atoms with E-state index in [-0.39, 0.29) is 5.82 Å². The van der Waals surface area contributed by atoms with Gasteiger partial charge in [0.25, 0.3) is 0 Å². The SMILES string of the molecule is C=C1N(C)C(=O)C([C@@H]2O[C@H](CO)[C@@H](O)[C@H](O)[C@@H]2O)C(=O)N1C. The lowest BCUT2D eigenvalue weighted by molar-refractivity contribution is -0.241. The first-order chi connectivity index (χ1) is 10.2. The van der Waals surface area contributed by atoms with E-state index in [0.29, 0.717) is 0 Å². The van der Waals surface area contributed by atoms with Gasteiger partial charge in [-0.15, -0.1) is 0 Å². The van der Waals surface area contributed by atoms with Crippen LogP contribution in [0.4, 0.5) is 0 Å². The fourth-order valence-electron chi connectivity index (χ4n) is 2.69. The van der Waals surface area contributed by atoms with Crippen molar-refractivity contribution in [2.45, 2.75) is 30.5 Å². The molecule has 0 saturated carbocycles. The molecule has 2 heterocycles. The Kier molecular flexibility index (Phi) is 4.54. The van der Waals surface area contributed by atoms with Crippen LogP contribution in [-0.2, 0) is 14.3 Å². The van der Waals surface area contributed by atoms with Crippen LogP contribution in [0.15, 0.2) is 12.4 Å². The van der Waals surface area contributed by atoms with Crippen molar-refractivity contribution in [2.75, 3.05) is 20.7 Å². The van der Waals surface area contributed by atoms with Gasteiger partial charge in [0, 0.05) is 14.1 Å². The van der Waals surface area contributed by atoms with E-state index >= 15 is 0 Å². The first kappa shape index (κ1) is 16.8. The van der Waals surface area contributed by atoms with E-state index in [2.05, 4.69) is 6.58 Å². The van der Waals surface area contributed by atoms with Crippen LogP contribution < -0.4 is 0 Å². The van der Waals surface area contributed by atoms with Crippen molar-refractivity contribution in [3.8, 4) is 0 Å². The number of ether oxygens (including phenoxy) is 1. The van der Waals surface area contributed by atoms with E-state index in [9.17, 15) is 30.0 Å². The monoisotopic (exact) mass is 316 g/mol. The second-order valence-corrected chi connectivity index (χ2v) is 5.48. The fourth-order valence-corrected chi connectivity index (χ4v) is 2.69. The standard InChI is InChI=1S/C13H20N2O7/c1-5-14(2)12(20)7(13(21)15(5)3)11-10(19)9(18)8(17)6(4-16)22-11/h6-11,16-19H,1,4H2,2-3H3/t6-,8-,9+,10+,11+/m1/s1. The maximum Gasteiger partial charge on any atom is 0.243 e. The van der Waals surface area contributed by atoms with E-state index in [0.717, 1.165) is 9.80 Å². The molecule has 2 fully saturated rings. The van der Waals surface area contributed by atoms with Crippen LogP contribution in [0.25, 0.3) is 0 Å². The molecule has 5 atom stereocenters. The lowest BCUT2D eigenvalue weighted by Crippen LogP contribution is -2.65. The molecule has 0 spiro atoms. The zero-order chi connectivity index (χ0) is 16.8. The van der Waals surface area contributed by atoms with Gasteiger partial charge in [-0.25, -0.2) is 0 Å². The summed E-state index contributed by atoms with van der Waals surface area (Å²) in [5.74, 6) is -2.50. The molecule has 0 aromatic carbocycles. The number of nitrogens with zero attached hydrogens (tertiary/aromatic N) is 2. The summed E-state index contributed by atoms with van der Waals surface area (Å²) in [6, 6.07) is 0. The summed E-state index contributed by atoms with van der Waals surface area (Å²) in [5, 5.41) is 38.8. The molecule has 22 heavy (non-hydrogen) atoms. The molecule has 2 rings (SSSR count). The molecule has 0 unspecified atom stereocenters. The van der Waals surface area contributed by atoms with Crippen molar-refractivity contribution in [1.29, 1.82) is 0 Å². The number of carbonyl (C=O) groups excluding carboxylic acids is 2. The molecule has 0 aromatic rings. The number of aliphatic hydroxyl groups is 4. The van der Waals surface area contributed by atoms with Gasteiger partial charge >= 0.3 is 0 Å². The molecule has 0 radical (unpaired) electrons. The summed E-state index contributed by atoms with van der Waals surface area (Å²) >= 11 is 0. The molecule has 0 aliphatic carbocycles. The summed E-state index contributed by atoms with van der Waals surface area (Å²) in [4.78, 5) is 27.0. The third kappa shape index (κ3) is 2.40. The van der Waals surface area contributed by atoms with Crippen molar-refractivity contribution < 1.29 is 34.8 Å². The zero-order valence-corrected chi connectivity index (χ0v) is 12.3. The highest BCUT2D eigenvalue weighted by Crippen LogP contribution is 2.31. The summed E-state index contributed by atoms with van der Waals surface area (Å²) < 4.78 is 5.31. The zero-order valence-electron chi connectivity index (χ0n) is 12.3. The third-order valence-corrected chi connectivity index (χ3v) is 4.23.